The Bertz CT molecular complexity index is 1170. The average molecular weight is 475 g/mol. The standard InChI is InChI=1S/C25H26N6O4/c32-24(25(33)28-21-10-4-5-11-22(21)31(34)35)27-18-23(19-7-6-12-26-17-19)30-15-13-29(14-16-30)20-8-2-1-3-9-20/h1-12,17,23H,13-16,18H2,(H,27,32)(H,28,33)/t23-/m0/s1. The van der Waals surface area contributed by atoms with Crippen molar-refractivity contribution < 1.29 is 14.5 Å². The summed E-state index contributed by atoms with van der Waals surface area (Å²) in [6.07, 6.45) is 3.44. The van der Waals surface area contributed by atoms with E-state index in [4.69, 9.17) is 0 Å². The largest absolute Gasteiger partial charge is 0.369 e. The summed E-state index contributed by atoms with van der Waals surface area (Å²) in [4.78, 5) is 44.3. The number of nitro benzene ring substituents is 1. The topological polar surface area (TPSA) is 121 Å². The lowest BCUT2D eigenvalue weighted by molar-refractivity contribution is -0.383. The molecule has 180 valence electrons. The third kappa shape index (κ3) is 5.98. The molecule has 35 heavy (non-hydrogen) atoms. The van der Waals surface area contributed by atoms with E-state index in [0.29, 0.717) is 0 Å². The van der Waals surface area contributed by atoms with Gasteiger partial charge >= 0.3 is 11.8 Å². The molecule has 2 amide bonds. The van der Waals surface area contributed by atoms with Gasteiger partial charge in [0.15, 0.2) is 0 Å². The van der Waals surface area contributed by atoms with Crippen molar-refractivity contribution in [2.45, 2.75) is 6.04 Å². The molecule has 1 aliphatic rings. The van der Waals surface area contributed by atoms with Crippen LogP contribution in [0.3, 0.4) is 0 Å². The predicted molar refractivity (Wildman–Crippen MR) is 132 cm³/mol. The lowest BCUT2D eigenvalue weighted by atomic mass is 10.1. The van der Waals surface area contributed by atoms with Crippen molar-refractivity contribution in [2.24, 2.45) is 0 Å². The number of rotatable bonds is 7. The number of benzene rings is 2. The summed E-state index contributed by atoms with van der Waals surface area (Å²) in [7, 11) is 0. The Morgan fingerprint density at radius 3 is 2.34 bits per heavy atom. The molecule has 0 aliphatic carbocycles. The average Bonchev–Trinajstić information content (AvgIpc) is 2.90. The number of nitrogens with zero attached hydrogens (tertiary/aromatic N) is 4. The summed E-state index contributed by atoms with van der Waals surface area (Å²) < 4.78 is 0. The first-order valence-electron chi connectivity index (χ1n) is 11.3. The number of aromatic nitrogens is 1. The SMILES string of the molecule is O=C(NC[C@@H](c1cccnc1)N1CCN(c2ccccc2)CC1)C(=O)Nc1ccccc1[N+](=O)[O-]. The zero-order chi connectivity index (χ0) is 24.6. The Balaban J connectivity index is 1.40. The first kappa shape index (κ1) is 23.8. The lowest BCUT2D eigenvalue weighted by Crippen LogP contribution is -2.50. The van der Waals surface area contributed by atoms with Crippen LogP contribution >= 0.6 is 0 Å². The molecule has 0 unspecified atom stereocenters. The fourth-order valence-electron chi connectivity index (χ4n) is 4.15. The molecule has 0 saturated carbocycles. The fraction of sp³-hybridized carbons (Fsp3) is 0.240. The van der Waals surface area contributed by atoms with Crippen molar-refractivity contribution in [1.82, 2.24) is 15.2 Å². The highest BCUT2D eigenvalue weighted by atomic mass is 16.6. The number of hydrogen-bond acceptors (Lipinski definition) is 7. The zero-order valence-electron chi connectivity index (χ0n) is 19.0. The van der Waals surface area contributed by atoms with Gasteiger partial charge in [-0.25, -0.2) is 0 Å². The van der Waals surface area contributed by atoms with Gasteiger partial charge in [0.25, 0.3) is 5.69 Å². The van der Waals surface area contributed by atoms with E-state index in [1.807, 2.05) is 30.3 Å². The summed E-state index contributed by atoms with van der Waals surface area (Å²) in [5, 5.41) is 16.2. The molecule has 2 heterocycles. The Morgan fingerprint density at radius 2 is 1.66 bits per heavy atom. The number of amides is 2. The molecule has 10 nitrogen and oxygen atoms in total. The Morgan fingerprint density at radius 1 is 0.943 bits per heavy atom. The highest BCUT2D eigenvalue weighted by molar-refractivity contribution is 6.39. The van der Waals surface area contributed by atoms with Crippen LogP contribution in [-0.2, 0) is 9.59 Å². The molecule has 2 aromatic carbocycles. The first-order chi connectivity index (χ1) is 17.0. The number of para-hydroxylation sites is 3. The molecule has 1 saturated heterocycles. The molecule has 2 N–H and O–H groups in total. The fourth-order valence-corrected chi connectivity index (χ4v) is 4.15. The van der Waals surface area contributed by atoms with Crippen molar-refractivity contribution in [3.63, 3.8) is 0 Å². The van der Waals surface area contributed by atoms with Gasteiger partial charge in [0.1, 0.15) is 5.69 Å². The summed E-state index contributed by atoms with van der Waals surface area (Å²) in [5.41, 5.74) is 1.79. The Hall–Kier alpha value is -4.31. The van der Waals surface area contributed by atoms with Gasteiger partial charge in [0.2, 0.25) is 0 Å². The quantitative estimate of drug-likeness (QED) is 0.307. The molecule has 1 fully saturated rings. The summed E-state index contributed by atoms with van der Waals surface area (Å²) in [6.45, 7) is 3.39. The molecule has 1 aromatic heterocycles. The van der Waals surface area contributed by atoms with Crippen molar-refractivity contribution in [3.05, 3.63) is 94.8 Å². The number of pyridine rings is 1. The van der Waals surface area contributed by atoms with E-state index in [0.717, 1.165) is 31.7 Å². The number of nitrogens with one attached hydrogen (secondary N) is 2. The Kier molecular flexibility index (Phi) is 7.63. The lowest BCUT2D eigenvalue weighted by Gasteiger charge is -2.40. The van der Waals surface area contributed by atoms with Crippen LogP contribution in [0.15, 0.2) is 79.1 Å². The van der Waals surface area contributed by atoms with Gasteiger partial charge in [-0.3, -0.25) is 29.6 Å². The molecule has 4 rings (SSSR count). The first-order valence-corrected chi connectivity index (χ1v) is 11.3. The third-order valence-corrected chi connectivity index (χ3v) is 5.96. The minimum Gasteiger partial charge on any atom is -0.369 e. The maximum absolute atomic E-state index is 12.5. The zero-order valence-corrected chi connectivity index (χ0v) is 19.0. The van der Waals surface area contributed by atoms with E-state index < -0.39 is 16.7 Å². The van der Waals surface area contributed by atoms with Crippen LogP contribution in [0.2, 0.25) is 0 Å². The van der Waals surface area contributed by atoms with Crippen LogP contribution in [-0.4, -0.2) is 59.3 Å². The molecule has 0 radical (unpaired) electrons. The van der Waals surface area contributed by atoms with E-state index in [1.165, 1.54) is 23.9 Å². The van der Waals surface area contributed by atoms with E-state index in [-0.39, 0.29) is 24.0 Å². The van der Waals surface area contributed by atoms with Crippen LogP contribution in [0.5, 0.6) is 0 Å². The number of carbonyl (C=O) groups is 2. The van der Waals surface area contributed by atoms with Gasteiger partial charge in [-0.15, -0.1) is 0 Å². The summed E-state index contributed by atoms with van der Waals surface area (Å²) in [5.74, 6) is -1.82. The minimum atomic E-state index is -0.960. The molecule has 3 aromatic rings. The van der Waals surface area contributed by atoms with Crippen molar-refractivity contribution >= 4 is 28.9 Å². The van der Waals surface area contributed by atoms with Crippen molar-refractivity contribution in [3.8, 4) is 0 Å². The van der Waals surface area contributed by atoms with Gasteiger partial charge in [-0.05, 0) is 29.8 Å². The third-order valence-electron chi connectivity index (χ3n) is 5.96. The van der Waals surface area contributed by atoms with E-state index in [9.17, 15) is 19.7 Å². The second kappa shape index (κ2) is 11.2. The molecular weight excluding hydrogens is 448 g/mol. The Labute approximate surface area is 202 Å². The number of piperazine rings is 1. The molecule has 10 heteroatoms. The second-order valence-corrected chi connectivity index (χ2v) is 8.10. The number of carbonyl (C=O) groups excluding carboxylic acids is 2. The highest BCUT2D eigenvalue weighted by Crippen LogP contribution is 2.24. The molecule has 0 bridgehead atoms. The van der Waals surface area contributed by atoms with Crippen LogP contribution in [0, 0.1) is 10.1 Å². The van der Waals surface area contributed by atoms with Crippen molar-refractivity contribution in [1.29, 1.82) is 0 Å². The number of anilines is 2. The summed E-state index contributed by atoms with van der Waals surface area (Å²) in [6, 6.07) is 19.5. The smallest absolute Gasteiger partial charge is 0.313 e. The van der Waals surface area contributed by atoms with Gasteiger partial charge in [0.05, 0.1) is 11.0 Å². The van der Waals surface area contributed by atoms with E-state index in [1.54, 1.807) is 18.5 Å². The molecule has 0 spiro atoms. The van der Waals surface area contributed by atoms with Crippen LogP contribution < -0.4 is 15.5 Å². The van der Waals surface area contributed by atoms with Crippen LogP contribution in [0.25, 0.3) is 0 Å². The molecule has 1 atom stereocenters. The molecule has 1 aliphatic heterocycles. The highest BCUT2D eigenvalue weighted by Gasteiger charge is 2.27. The van der Waals surface area contributed by atoms with Gasteiger partial charge in [0, 0.05) is 56.9 Å². The van der Waals surface area contributed by atoms with Gasteiger partial charge in [-0.1, -0.05) is 36.4 Å². The van der Waals surface area contributed by atoms with Gasteiger partial charge in [-0.2, -0.15) is 0 Å². The van der Waals surface area contributed by atoms with Crippen LogP contribution in [0.1, 0.15) is 11.6 Å². The van der Waals surface area contributed by atoms with Crippen LogP contribution in [0.4, 0.5) is 17.1 Å². The van der Waals surface area contributed by atoms with E-state index >= 15 is 0 Å². The minimum absolute atomic E-state index is 0.0292. The maximum Gasteiger partial charge on any atom is 0.313 e. The second-order valence-electron chi connectivity index (χ2n) is 8.10. The number of nitro groups is 1. The maximum atomic E-state index is 12.5. The van der Waals surface area contributed by atoms with Gasteiger partial charge < -0.3 is 15.5 Å². The predicted octanol–water partition coefficient (Wildman–Crippen LogP) is 2.61. The number of hydrogen-bond donors (Lipinski definition) is 2. The van der Waals surface area contributed by atoms with Crippen molar-refractivity contribution in [2.75, 3.05) is 42.9 Å². The summed E-state index contributed by atoms with van der Waals surface area (Å²) >= 11 is 0. The molecular formula is C25H26N6O4. The van der Waals surface area contributed by atoms with E-state index in [2.05, 4.69) is 37.6 Å². The monoisotopic (exact) mass is 474 g/mol. The normalized spacial score (nSPS) is 14.7.